The van der Waals surface area contributed by atoms with Gasteiger partial charge in [0.15, 0.2) is 11.5 Å². The molecule has 0 bridgehead atoms. The van der Waals surface area contributed by atoms with E-state index in [0.717, 1.165) is 9.13 Å². The minimum absolute atomic E-state index is 0.0397. The smallest absolute Gasteiger partial charge is 0.266 e. The fourth-order valence-electron chi connectivity index (χ4n) is 3.46. The Labute approximate surface area is 218 Å². The summed E-state index contributed by atoms with van der Waals surface area (Å²) in [6.45, 7) is 6.86. The number of anilines is 1. The van der Waals surface area contributed by atoms with Crippen LogP contribution in [0.25, 0.3) is 6.08 Å². The Kier molecular flexibility index (Phi) is 8.97. The molecule has 0 spiro atoms. The van der Waals surface area contributed by atoms with Gasteiger partial charge in [-0.1, -0.05) is 47.0 Å². The first-order valence-corrected chi connectivity index (χ1v) is 12.1. The predicted octanol–water partition coefficient (Wildman–Crippen LogP) is 7.08. The van der Waals surface area contributed by atoms with Crippen LogP contribution in [0.2, 0.25) is 5.02 Å². The van der Waals surface area contributed by atoms with Gasteiger partial charge < -0.3 is 14.8 Å². The lowest BCUT2D eigenvalue weighted by atomic mass is 10.1. The molecule has 0 fully saturated rings. The third-order valence-electron chi connectivity index (χ3n) is 4.75. The molecule has 0 radical (unpaired) electrons. The molecule has 5 nitrogen and oxygen atoms in total. The van der Waals surface area contributed by atoms with Crippen molar-refractivity contribution in [1.29, 1.82) is 5.26 Å². The maximum Gasteiger partial charge on any atom is 0.266 e. The number of nitriles is 1. The van der Waals surface area contributed by atoms with E-state index in [2.05, 4.69) is 60.0 Å². The standard InChI is InChI=1S/C27H24ClIN2O3/c1-4-33-25-13-19(11-21(15-30)27(32)31-23-7-5-6-22(28)14-23)12-24(29)26(25)34-16-20-9-17(2)8-18(3)10-20/h5-14H,4,16H2,1-3H3,(H,31,32)/b21-11+. The van der Waals surface area contributed by atoms with Crippen LogP contribution in [0, 0.1) is 28.7 Å². The van der Waals surface area contributed by atoms with Crippen LogP contribution in [0.5, 0.6) is 11.5 Å². The van der Waals surface area contributed by atoms with Crippen molar-refractivity contribution in [3.05, 3.63) is 91.0 Å². The molecule has 174 valence electrons. The van der Waals surface area contributed by atoms with Crippen LogP contribution in [0.3, 0.4) is 0 Å². The van der Waals surface area contributed by atoms with Gasteiger partial charge in [-0.25, -0.2) is 0 Å². The summed E-state index contributed by atoms with van der Waals surface area (Å²) in [6.07, 6.45) is 1.53. The maximum atomic E-state index is 12.6. The number of nitrogens with zero attached hydrogens (tertiary/aromatic N) is 1. The molecule has 0 aliphatic heterocycles. The largest absolute Gasteiger partial charge is 0.490 e. The van der Waals surface area contributed by atoms with Crippen molar-refractivity contribution < 1.29 is 14.3 Å². The van der Waals surface area contributed by atoms with Crippen LogP contribution in [0.15, 0.2) is 60.2 Å². The Balaban J connectivity index is 1.86. The average molecular weight is 587 g/mol. The SMILES string of the molecule is CCOc1cc(/C=C(\C#N)C(=O)Nc2cccc(Cl)c2)cc(I)c1OCc1cc(C)cc(C)c1. The van der Waals surface area contributed by atoms with Gasteiger partial charge in [0.2, 0.25) is 0 Å². The van der Waals surface area contributed by atoms with Crippen molar-refractivity contribution in [3.63, 3.8) is 0 Å². The summed E-state index contributed by atoms with van der Waals surface area (Å²) >= 11 is 8.15. The Morgan fingerprint density at radius 2 is 1.85 bits per heavy atom. The lowest BCUT2D eigenvalue weighted by Crippen LogP contribution is -2.13. The number of nitrogens with one attached hydrogen (secondary N) is 1. The van der Waals surface area contributed by atoms with E-state index in [4.69, 9.17) is 21.1 Å². The number of amides is 1. The first-order valence-electron chi connectivity index (χ1n) is 10.6. The van der Waals surface area contributed by atoms with Crippen LogP contribution in [0.4, 0.5) is 5.69 Å². The maximum absolute atomic E-state index is 12.6. The second kappa shape index (κ2) is 11.9. The van der Waals surface area contributed by atoms with E-state index < -0.39 is 5.91 Å². The second-order valence-electron chi connectivity index (χ2n) is 7.68. The Bertz CT molecular complexity index is 1260. The topological polar surface area (TPSA) is 71.3 Å². The Hall–Kier alpha value is -3.02. The third-order valence-corrected chi connectivity index (χ3v) is 5.79. The van der Waals surface area contributed by atoms with Crippen LogP contribution in [0.1, 0.15) is 29.2 Å². The number of aryl methyl sites for hydroxylation is 2. The van der Waals surface area contributed by atoms with Gasteiger partial charge in [0.1, 0.15) is 18.2 Å². The average Bonchev–Trinajstić information content (AvgIpc) is 2.76. The fraction of sp³-hybridized carbons (Fsp3) is 0.185. The molecule has 0 heterocycles. The monoisotopic (exact) mass is 586 g/mol. The number of carbonyl (C=O) groups is 1. The Morgan fingerprint density at radius 3 is 2.50 bits per heavy atom. The first kappa shape index (κ1) is 25.6. The molecule has 1 N–H and O–H groups in total. The molecule has 0 saturated carbocycles. The summed E-state index contributed by atoms with van der Waals surface area (Å²) in [4.78, 5) is 12.6. The highest BCUT2D eigenvalue weighted by molar-refractivity contribution is 14.1. The second-order valence-corrected chi connectivity index (χ2v) is 9.28. The lowest BCUT2D eigenvalue weighted by molar-refractivity contribution is -0.112. The molecule has 0 atom stereocenters. The zero-order chi connectivity index (χ0) is 24.7. The number of rotatable bonds is 8. The molecule has 3 rings (SSSR count). The summed E-state index contributed by atoms with van der Waals surface area (Å²) in [7, 11) is 0. The van der Waals surface area contributed by atoms with Crippen molar-refractivity contribution in [2.75, 3.05) is 11.9 Å². The van der Waals surface area contributed by atoms with Crippen molar-refractivity contribution in [1.82, 2.24) is 0 Å². The summed E-state index contributed by atoms with van der Waals surface area (Å²) in [5.41, 5.74) is 4.56. The molecule has 7 heteroatoms. The molecular formula is C27H24ClIN2O3. The fourth-order valence-corrected chi connectivity index (χ4v) is 4.43. The van der Waals surface area contributed by atoms with Crippen molar-refractivity contribution in [3.8, 4) is 17.6 Å². The van der Waals surface area contributed by atoms with E-state index in [1.54, 1.807) is 30.3 Å². The summed E-state index contributed by atoms with van der Waals surface area (Å²) < 4.78 is 12.8. The van der Waals surface area contributed by atoms with E-state index >= 15 is 0 Å². The van der Waals surface area contributed by atoms with Gasteiger partial charge in [-0.2, -0.15) is 5.26 Å². The molecule has 0 saturated heterocycles. The van der Waals surface area contributed by atoms with Gasteiger partial charge in [0.05, 0.1) is 10.2 Å². The minimum atomic E-state index is -0.520. The van der Waals surface area contributed by atoms with Gasteiger partial charge in [0, 0.05) is 10.7 Å². The molecule has 0 unspecified atom stereocenters. The van der Waals surface area contributed by atoms with Gasteiger partial charge in [-0.05, 0) is 90.9 Å². The van der Waals surface area contributed by atoms with Crippen molar-refractivity contribution in [2.24, 2.45) is 0 Å². The van der Waals surface area contributed by atoms with E-state index in [1.165, 1.54) is 17.2 Å². The predicted molar refractivity (Wildman–Crippen MR) is 144 cm³/mol. The quantitative estimate of drug-likeness (QED) is 0.174. The molecule has 0 aliphatic rings. The van der Waals surface area contributed by atoms with Crippen LogP contribution >= 0.6 is 34.2 Å². The zero-order valence-electron chi connectivity index (χ0n) is 19.1. The molecule has 0 aromatic heterocycles. The third kappa shape index (κ3) is 6.99. The number of hydrogen-bond acceptors (Lipinski definition) is 4. The highest BCUT2D eigenvalue weighted by Crippen LogP contribution is 2.35. The van der Waals surface area contributed by atoms with Crippen LogP contribution < -0.4 is 14.8 Å². The zero-order valence-corrected chi connectivity index (χ0v) is 22.0. The Morgan fingerprint density at radius 1 is 1.12 bits per heavy atom. The number of halogens is 2. The van der Waals surface area contributed by atoms with Gasteiger partial charge >= 0.3 is 0 Å². The van der Waals surface area contributed by atoms with Gasteiger partial charge in [-0.15, -0.1) is 0 Å². The van der Waals surface area contributed by atoms with Crippen molar-refractivity contribution in [2.45, 2.75) is 27.4 Å². The lowest BCUT2D eigenvalue weighted by Gasteiger charge is -2.15. The summed E-state index contributed by atoms with van der Waals surface area (Å²) in [5, 5.41) is 12.8. The summed E-state index contributed by atoms with van der Waals surface area (Å²) in [5.74, 6) is 0.658. The number of ether oxygens (including phenoxy) is 2. The molecule has 34 heavy (non-hydrogen) atoms. The molecule has 3 aromatic carbocycles. The van der Waals surface area contributed by atoms with E-state index in [9.17, 15) is 10.1 Å². The molecule has 0 aliphatic carbocycles. The first-order chi connectivity index (χ1) is 16.3. The number of hydrogen-bond donors (Lipinski definition) is 1. The van der Waals surface area contributed by atoms with E-state index in [-0.39, 0.29) is 5.57 Å². The normalized spacial score (nSPS) is 11.0. The molecular weight excluding hydrogens is 563 g/mol. The van der Waals surface area contributed by atoms with Crippen molar-refractivity contribution >= 4 is 51.9 Å². The minimum Gasteiger partial charge on any atom is -0.490 e. The highest BCUT2D eigenvalue weighted by Gasteiger charge is 2.15. The van der Waals surface area contributed by atoms with E-state index in [0.29, 0.717) is 41.0 Å². The summed E-state index contributed by atoms with van der Waals surface area (Å²) in [6, 6.07) is 18.6. The molecule has 1 amide bonds. The van der Waals surface area contributed by atoms with Gasteiger partial charge in [0.25, 0.3) is 5.91 Å². The van der Waals surface area contributed by atoms with E-state index in [1.807, 2.05) is 19.1 Å². The number of carbonyl (C=O) groups excluding carboxylic acids is 1. The van der Waals surface area contributed by atoms with Gasteiger partial charge in [-0.3, -0.25) is 4.79 Å². The highest BCUT2D eigenvalue weighted by atomic mass is 127. The number of benzene rings is 3. The molecule has 3 aromatic rings. The van der Waals surface area contributed by atoms with Crippen LogP contribution in [-0.2, 0) is 11.4 Å². The van der Waals surface area contributed by atoms with Crippen LogP contribution in [-0.4, -0.2) is 12.5 Å².